The van der Waals surface area contributed by atoms with Crippen molar-refractivity contribution in [2.75, 3.05) is 13.1 Å². The van der Waals surface area contributed by atoms with Gasteiger partial charge in [-0.2, -0.15) is 0 Å². The van der Waals surface area contributed by atoms with Crippen LogP contribution in [0.3, 0.4) is 0 Å². The van der Waals surface area contributed by atoms with E-state index in [1.165, 1.54) is 19.3 Å². The van der Waals surface area contributed by atoms with E-state index in [1.807, 2.05) is 0 Å². The molecular formula is C16H29NO2. The van der Waals surface area contributed by atoms with Crippen LogP contribution in [0, 0.1) is 17.3 Å². The van der Waals surface area contributed by atoms with Gasteiger partial charge in [-0.15, -0.1) is 0 Å². The monoisotopic (exact) mass is 267 g/mol. The molecule has 1 saturated carbocycles. The number of carboxylic acid groups (broad SMARTS) is 1. The van der Waals surface area contributed by atoms with E-state index in [-0.39, 0.29) is 0 Å². The minimum Gasteiger partial charge on any atom is -0.481 e. The van der Waals surface area contributed by atoms with Crippen molar-refractivity contribution in [3.05, 3.63) is 0 Å². The molecule has 1 saturated heterocycles. The van der Waals surface area contributed by atoms with Gasteiger partial charge in [-0.3, -0.25) is 9.69 Å². The third-order valence-corrected chi connectivity index (χ3v) is 5.45. The van der Waals surface area contributed by atoms with Gasteiger partial charge in [0.25, 0.3) is 0 Å². The Morgan fingerprint density at radius 2 is 2.11 bits per heavy atom. The first-order valence-corrected chi connectivity index (χ1v) is 7.96. The van der Waals surface area contributed by atoms with Crippen LogP contribution in [0.25, 0.3) is 0 Å². The highest BCUT2D eigenvalue weighted by atomic mass is 16.4. The van der Waals surface area contributed by atoms with Crippen molar-refractivity contribution in [1.82, 2.24) is 4.90 Å². The number of carbonyl (C=O) groups is 1. The van der Waals surface area contributed by atoms with Crippen LogP contribution in [0.1, 0.15) is 59.3 Å². The molecular weight excluding hydrogens is 238 g/mol. The molecule has 1 aliphatic heterocycles. The Labute approximate surface area is 117 Å². The molecule has 19 heavy (non-hydrogen) atoms. The first kappa shape index (κ1) is 14.8. The van der Waals surface area contributed by atoms with Crippen LogP contribution in [0.5, 0.6) is 0 Å². The van der Waals surface area contributed by atoms with Crippen molar-refractivity contribution >= 4 is 5.97 Å². The van der Waals surface area contributed by atoms with Crippen LogP contribution >= 0.6 is 0 Å². The topological polar surface area (TPSA) is 40.5 Å². The number of nitrogens with zero attached hydrogens (tertiary/aromatic N) is 1. The van der Waals surface area contributed by atoms with Gasteiger partial charge in [0.05, 0.1) is 5.41 Å². The van der Waals surface area contributed by atoms with E-state index in [2.05, 4.69) is 25.7 Å². The average molecular weight is 267 g/mol. The second-order valence-corrected chi connectivity index (χ2v) is 7.02. The molecule has 4 atom stereocenters. The molecule has 1 heterocycles. The minimum absolute atomic E-state index is 0.463. The molecule has 0 radical (unpaired) electrons. The van der Waals surface area contributed by atoms with Gasteiger partial charge < -0.3 is 5.11 Å². The molecule has 3 heteroatoms. The lowest BCUT2D eigenvalue weighted by atomic mass is 9.79. The highest BCUT2D eigenvalue weighted by Crippen LogP contribution is 2.40. The highest BCUT2D eigenvalue weighted by Gasteiger charge is 2.46. The maximum Gasteiger partial charge on any atom is 0.310 e. The smallest absolute Gasteiger partial charge is 0.310 e. The fourth-order valence-corrected chi connectivity index (χ4v) is 4.16. The van der Waals surface area contributed by atoms with Crippen LogP contribution in [0.15, 0.2) is 0 Å². The van der Waals surface area contributed by atoms with Crippen molar-refractivity contribution < 1.29 is 9.90 Å². The summed E-state index contributed by atoms with van der Waals surface area (Å²) < 4.78 is 0. The molecule has 2 aliphatic rings. The molecule has 1 aliphatic carbocycles. The summed E-state index contributed by atoms with van der Waals surface area (Å²) >= 11 is 0. The third kappa shape index (κ3) is 2.96. The Morgan fingerprint density at radius 3 is 2.74 bits per heavy atom. The van der Waals surface area contributed by atoms with E-state index in [1.54, 1.807) is 0 Å². The van der Waals surface area contributed by atoms with Crippen LogP contribution in [-0.2, 0) is 4.79 Å². The standard InChI is InChI=1S/C16H29NO2/c1-4-7-16(15(18)19)8-9-17(11-16)14-10-12(2)5-6-13(14)3/h12-14H,4-11H2,1-3H3,(H,18,19). The predicted molar refractivity (Wildman–Crippen MR) is 77.1 cm³/mol. The molecule has 4 unspecified atom stereocenters. The van der Waals surface area contributed by atoms with Crippen molar-refractivity contribution in [2.24, 2.45) is 17.3 Å². The number of hydrogen-bond donors (Lipinski definition) is 1. The molecule has 3 nitrogen and oxygen atoms in total. The fraction of sp³-hybridized carbons (Fsp3) is 0.938. The fourth-order valence-electron chi connectivity index (χ4n) is 4.16. The van der Waals surface area contributed by atoms with Crippen molar-refractivity contribution in [1.29, 1.82) is 0 Å². The SMILES string of the molecule is CCCC1(C(=O)O)CCN(C2CC(C)CCC2C)C1. The number of carboxylic acids is 1. The van der Waals surface area contributed by atoms with Crippen LogP contribution < -0.4 is 0 Å². The molecule has 0 spiro atoms. The van der Waals surface area contributed by atoms with Gasteiger partial charge >= 0.3 is 5.97 Å². The minimum atomic E-state index is -0.576. The van der Waals surface area contributed by atoms with Gasteiger partial charge in [-0.1, -0.05) is 33.6 Å². The van der Waals surface area contributed by atoms with Crippen molar-refractivity contribution in [3.8, 4) is 0 Å². The lowest BCUT2D eigenvalue weighted by Gasteiger charge is -2.39. The van der Waals surface area contributed by atoms with Crippen LogP contribution in [-0.4, -0.2) is 35.1 Å². The van der Waals surface area contributed by atoms with Gasteiger partial charge in [-0.25, -0.2) is 0 Å². The molecule has 2 rings (SSSR count). The van der Waals surface area contributed by atoms with E-state index in [9.17, 15) is 9.90 Å². The zero-order valence-corrected chi connectivity index (χ0v) is 12.7. The number of aliphatic carboxylic acids is 1. The second-order valence-electron chi connectivity index (χ2n) is 7.02. The van der Waals surface area contributed by atoms with E-state index in [0.717, 1.165) is 44.2 Å². The van der Waals surface area contributed by atoms with E-state index >= 15 is 0 Å². The first-order valence-electron chi connectivity index (χ1n) is 7.96. The number of rotatable bonds is 4. The summed E-state index contributed by atoms with van der Waals surface area (Å²) in [6, 6.07) is 0.613. The Kier molecular flexibility index (Phi) is 4.54. The lowest BCUT2D eigenvalue weighted by Crippen LogP contribution is -2.44. The number of hydrogen-bond acceptors (Lipinski definition) is 2. The summed E-state index contributed by atoms with van der Waals surface area (Å²) in [5.74, 6) is 0.947. The van der Waals surface area contributed by atoms with Crippen LogP contribution in [0.4, 0.5) is 0 Å². The summed E-state index contributed by atoms with van der Waals surface area (Å²) in [6.07, 6.45) is 6.53. The molecule has 0 amide bonds. The molecule has 1 N–H and O–H groups in total. The molecule has 0 aromatic heterocycles. The molecule has 110 valence electrons. The van der Waals surface area contributed by atoms with Gasteiger partial charge in [0.2, 0.25) is 0 Å². The predicted octanol–water partition coefficient (Wildman–Crippen LogP) is 3.39. The zero-order chi connectivity index (χ0) is 14.0. The lowest BCUT2D eigenvalue weighted by molar-refractivity contribution is -0.148. The average Bonchev–Trinajstić information content (AvgIpc) is 2.78. The molecule has 0 aromatic carbocycles. The Balaban J connectivity index is 2.05. The van der Waals surface area contributed by atoms with Crippen LogP contribution in [0.2, 0.25) is 0 Å². The normalized spacial score (nSPS) is 40.5. The van der Waals surface area contributed by atoms with E-state index in [0.29, 0.717) is 6.04 Å². The highest BCUT2D eigenvalue weighted by molar-refractivity contribution is 5.75. The van der Waals surface area contributed by atoms with E-state index in [4.69, 9.17) is 0 Å². The van der Waals surface area contributed by atoms with Crippen molar-refractivity contribution in [2.45, 2.75) is 65.3 Å². The zero-order valence-electron chi connectivity index (χ0n) is 12.7. The van der Waals surface area contributed by atoms with E-state index < -0.39 is 11.4 Å². The molecule has 0 aromatic rings. The van der Waals surface area contributed by atoms with Gasteiger partial charge in [0.1, 0.15) is 0 Å². The van der Waals surface area contributed by atoms with Gasteiger partial charge in [0.15, 0.2) is 0 Å². The summed E-state index contributed by atoms with van der Waals surface area (Å²) in [5, 5.41) is 9.60. The molecule has 0 bridgehead atoms. The Morgan fingerprint density at radius 1 is 1.37 bits per heavy atom. The third-order valence-electron chi connectivity index (χ3n) is 5.45. The van der Waals surface area contributed by atoms with Gasteiger partial charge in [0, 0.05) is 12.6 Å². The second kappa shape index (κ2) is 5.82. The number of likely N-dealkylation sites (tertiary alicyclic amines) is 1. The Hall–Kier alpha value is -0.570. The largest absolute Gasteiger partial charge is 0.481 e. The van der Waals surface area contributed by atoms with Gasteiger partial charge in [-0.05, 0) is 44.1 Å². The van der Waals surface area contributed by atoms with Crippen molar-refractivity contribution in [3.63, 3.8) is 0 Å². The summed E-state index contributed by atoms with van der Waals surface area (Å²) in [5.41, 5.74) is -0.463. The summed E-state index contributed by atoms with van der Waals surface area (Å²) in [7, 11) is 0. The molecule has 2 fully saturated rings. The first-order chi connectivity index (χ1) is 8.98. The maximum atomic E-state index is 11.7. The summed E-state index contributed by atoms with van der Waals surface area (Å²) in [6.45, 7) is 8.53. The Bertz CT molecular complexity index is 331. The maximum absolute atomic E-state index is 11.7. The quantitative estimate of drug-likeness (QED) is 0.849. The summed E-state index contributed by atoms with van der Waals surface area (Å²) in [4.78, 5) is 14.2.